The van der Waals surface area contributed by atoms with E-state index in [-0.39, 0.29) is 35.4 Å². The van der Waals surface area contributed by atoms with Gasteiger partial charge in [0.05, 0.1) is 11.6 Å². The predicted octanol–water partition coefficient (Wildman–Crippen LogP) is 2.26. The van der Waals surface area contributed by atoms with Gasteiger partial charge < -0.3 is 20.7 Å². The Morgan fingerprint density at radius 2 is 1.94 bits per heavy atom. The lowest BCUT2D eigenvalue weighted by molar-refractivity contribution is 0.0696. The quantitative estimate of drug-likeness (QED) is 0.441. The molecule has 34 heavy (non-hydrogen) atoms. The molecule has 1 aromatic heterocycles. The molecule has 0 unspecified atom stereocenters. The maximum absolute atomic E-state index is 13.4. The van der Waals surface area contributed by atoms with E-state index in [1.807, 2.05) is 0 Å². The van der Waals surface area contributed by atoms with Crippen molar-refractivity contribution in [3.8, 4) is 0 Å². The van der Waals surface area contributed by atoms with E-state index in [0.717, 1.165) is 11.1 Å². The first kappa shape index (κ1) is 22.8. The minimum absolute atomic E-state index is 0.100. The molecule has 2 amide bonds. The number of carbonyl (C=O) groups excluding carboxylic acids is 2. The minimum atomic E-state index is -1.02. The number of H-pyrrole nitrogens is 1. The number of rotatable bonds is 6. The molecule has 174 valence electrons. The number of hydrogen-bond donors (Lipinski definition) is 4. The van der Waals surface area contributed by atoms with Crippen molar-refractivity contribution in [1.82, 2.24) is 20.6 Å². The Bertz CT molecular complexity index is 1370. The summed E-state index contributed by atoms with van der Waals surface area (Å²) in [4.78, 5) is 54.4. The van der Waals surface area contributed by atoms with E-state index in [1.54, 1.807) is 25.1 Å². The molecule has 1 atom stereocenters. The van der Waals surface area contributed by atoms with Gasteiger partial charge in [0.15, 0.2) is 0 Å². The number of nitrogens with one attached hydrogen (secondary N) is 3. The van der Waals surface area contributed by atoms with Crippen LogP contribution in [-0.2, 0) is 13.0 Å². The highest BCUT2D eigenvalue weighted by Crippen LogP contribution is 2.32. The van der Waals surface area contributed by atoms with Crippen molar-refractivity contribution in [1.29, 1.82) is 0 Å². The first-order valence-electron chi connectivity index (χ1n) is 10.5. The van der Waals surface area contributed by atoms with Gasteiger partial charge in [0.1, 0.15) is 17.2 Å². The number of fused-ring (bicyclic) bond motifs is 1. The number of aromatic carboxylic acids is 1. The van der Waals surface area contributed by atoms with Crippen LogP contribution in [-0.4, -0.2) is 32.9 Å². The second-order valence-corrected chi connectivity index (χ2v) is 8.03. The number of carboxylic acid groups (broad SMARTS) is 1. The van der Waals surface area contributed by atoms with E-state index in [2.05, 4.69) is 20.6 Å². The Kier molecular flexibility index (Phi) is 6.22. The van der Waals surface area contributed by atoms with Gasteiger partial charge in [-0.15, -0.1) is 0 Å². The Balaban J connectivity index is 1.46. The van der Waals surface area contributed by atoms with Gasteiger partial charge in [-0.25, -0.2) is 14.0 Å². The van der Waals surface area contributed by atoms with Crippen LogP contribution in [0.25, 0.3) is 0 Å². The van der Waals surface area contributed by atoms with Crippen LogP contribution in [0.15, 0.2) is 47.3 Å². The molecule has 0 radical (unpaired) electrons. The lowest BCUT2D eigenvalue weighted by Gasteiger charge is -2.14. The normalized spacial score (nSPS) is 14.4. The van der Waals surface area contributed by atoms with E-state index >= 15 is 0 Å². The predicted molar refractivity (Wildman–Crippen MR) is 119 cm³/mol. The minimum Gasteiger partial charge on any atom is -0.478 e. The van der Waals surface area contributed by atoms with Gasteiger partial charge in [-0.1, -0.05) is 18.2 Å². The fourth-order valence-electron chi connectivity index (χ4n) is 3.92. The van der Waals surface area contributed by atoms with Crippen molar-refractivity contribution >= 4 is 17.8 Å². The van der Waals surface area contributed by atoms with Crippen LogP contribution in [0.5, 0.6) is 0 Å². The molecule has 0 saturated heterocycles. The summed E-state index contributed by atoms with van der Waals surface area (Å²) in [5.41, 5.74) is 1.71. The maximum atomic E-state index is 13.4. The fraction of sp³-hybridized carbons (Fsp3) is 0.208. The summed E-state index contributed by atoms with van der Waals surface area (Å²) in [5.74, 6) is -2.63. The second kappa shape index (κ2) is 9.26. The van der Waals surface area contributed by atoms with Crippen molar-refractivity contribution in [3.63, 3.8) is 0 Å². The number of halogens is 1. The molecule has 2 aromatic carbocycles. The van der Waals surface area contributed by atoms with Gasteiger partial charge in [-0.3, -0.25) is 9.59 Å². The molecule has 0 fully saturated rings. The van der Waals surface area contributed by atoms with Gasteiger partial charge >= 0.3 is 11.7 Å². The molecule has 0 aliphatic heterocycles. The van der Waals surface area contributed by atoms with E-state index in [1.165, 1.54) is 24.3 Å². The number of aryl methyl sites for hydroxylation is 2. The van der Waals surface area contributed by atoms with Crippen LogP contribution in [0, 0.1) is 12.7 Å². The number of nitrogens with zero attached hydrogens (tertiary/aromatic N) is 1. The van der Waals surface area contributed by atoms with E-state index in [0.29, 0.717) is 24.0 Å². The molecule has 0 spiro atoms. The number of amides is 2. The molecule has 3 aromatic rings. The van der Waals surface area contributed by atoms with Gasteiger partial charge in [0, 0.05) is 6.54 Å². The number of aromatic nitrogens is 2. The highest BCUT2D eigenvalue weighted by Gasteiger charge is 2.26. The molecular formula is C24H21FN4O5. The first-order chi connectivity index (χ1) is 16.2. The molecule has 10 heteroatoms. The molecule has 1 aliphatic carbocycles. The fourth-order valence-corrected chi connectivity index (χ4v) is 3.92. The number of aromatic amines is 1. The zero-order chi connectivity index (χ0) is 24.4. The highest BCUT2D eigenvalue weighted by atomic mass is 19.1. The number of benzene rings is 2. The van der Waals surface area contributed by atoms with Crippen LogP contribution in [0.4, 0.5) is 4.39 Å². The summed E-state index contributed by atoms with van der Waals surface area (Å²) in [6, 6.07) is 9.98. The summed E-state index contributed by atoms with van der Waals surface area (Å²) >= 11 is 0. The van der Waals surface area contributed by atoms with E-state index in [9.17, 15) is 23.6 Å². The number of hydrogen-bond acceptors (Lipinski definition) is 5. The first-order valence-corrected chi connectivity index (χ1v) is 10.5. The Morgan fingerprint density at radius 3 is 2.68 bits per heavy atom. The molecule has 0 saturated carbocycles. The van der Waals surface area contributed by atoms with Crippen LogP contribution in [0.1, 0.15) is 66.1 Å². The van der Waals surface area contributed by atoms with Gasteiger partial charge in [0.25, 0.3) is 11.8 Å². The largest absolute Gasteiger partial charge is 0.478 e. The monoisotopic (exact) mass is 464 g/mol. The molecule has 1 aliphatic rings. The standard InChI is InChI=1S/C24H21FN4O5/c1-12-8-13(2-6-17(12)25)11-26-21(30)19-10-20(29-24(34)28-19)22(31)27-18-7-4-14-9-15(23(32)33)3-5-16(14)18/h2-3,5-6,8-10,18H,4,7,11H2,1H3,(H,26,30)(H,27,31)(H,32,33)(H,28,29,34)/t18-/m0/s1. The number of carboxylic acids is 1. The zero-order valence-electron chi connectivity index (χ0n) is 18.1. The summed E-state index contributed by atoms with van der Waals surface area (Å²) in [6.45, 7) is 1.71. The number of carbonyl (C=O) groups is 3. The van der Waals surface area contributed by atoms with Gasteiger partial charge in [-0.2, -0.15) is 4.98 Å². The van der Waals surface area contributed by atoms with Crippen molar-refractivity contribution in [2.45, 2.75) is 32.4 Å². The van der Waals surface area contributed by atoms with E-state index in [4.69, 9.17) is 5.11 Å². The lowest BCUT2D eigenvalue weighted by Crippen LogP contribution is -2.32. The average Bonchev–Trinajstić information content (AvgIpc) is 3.21. The van der Waals surface area contributed by atoms with Gasteiger partial charge in [0.2, 0.25) is 0 Å². The lowest BCUT2D eigenvalue weighted by atomic mass is 10.0. The van der Waals surface area contributed by atoms with E-state index < -0.39 is 23.5 Å². The third-order valence-corrected chi connectivity index (χ3v) is 5.67. The topological polar surface area (TPSA) is 141 Å². The molecule has 4 N–H and O–H groups in total. The van der Waals surface area contributed by atoms with Crippen molar-refractivity contribution in [2.24, 2.45) is 0 Å². The maximum Gasteiger partial charge on any atom is 0.346 e. The molecular weight excluding hydrogens is 443 g/mol. The van der Waals surface area contributed by atoms with Crippen molar-refractivity contribution in [2.75, 3.05) is 0 Å². The van der Waals surface area contributed by atoms with Crippen LogP contribution >= 0.6 is 0 Å². The smallest absolute Gasteiger partial charge is 0.346 e. The average molecular weight is 464 g/mol. The zero-order valence-corrected chi connectivity index (χ0v) is 18.1. The Morgan fingerprint density at radius 1 is 1.15 bits per heavy atom. The van der Waals surface area contributed by atoms with Gasteiger partial charge in [-0.05, 0) is 66.3 Å². The van der Waals surface area contributed by atoms with Crippen molar-refractivity contribution < 1.29 is 23.9 Å². The third-order valence-electron chi connectivity index (χ3n) is 5.67. The molecule has 9 nitrogen and oxygen atoms in total. The highest BCUT2D eigenvalue weighted by molar-refractivity contribution is 5.97. The SMILES string of the molecule is Cc1cc(CNC(=O)c2cc(C(=O)N[C@H]3CCc4cc(C(=O)O)ccc43)nc(=O)[nH]2)ccc1F. The molecule has 1 heterocycles. The van der Waals surface area contributed by atoms with Crippen LogP contribution in [0.3, 0.4) is 0 Å². The summed E-state index contributed by atoms with van der Waals surface area (Å²) in [5, 5.41) is 14.6. The third kappa shape index (κ3) is 4.85. The summed E-state index contributed by atoms with van der Waals surface area (Å²) in [6.07, 6.45) is 1.17. The summed E-state index contributed by atoms with van der Waals surface area (Å²) < 4.78 is 13.4. The van der Waals surface area contributed by atoms with Crippen molar-refractivity contribution in [3.05, 3.63) is 98.0 Å². The molecule has 0 bridgehead atoms. The molecule has 4 rings (SSSR count). The second-order valence-electron chi connectivity index (χ2n) is 8.03. The Labute approximate surface area is 193 Å². The van der Waals surface area contributed by atoms with Crippen LogP contribution < -0.4 is 16.3 Å². The Hall–Kier alpha value is -4.34. The summed E-state index contributed by atoms with van der Waals surface area (Å²) in [7, 11) is 0. The van der Waals surface area contributed by atoms with Crippen LogP contribution in [0.2, 0.25) is 0 Å².